The molecule has 6 heteroatoms. The molecule has 0 aliphatic heterocycles. The summed E-state index contributed by atoms with van der Waals surface area (Å²) in [7, 11) is -3.49. The smallest absolute Gasteiger partial charge is 0.243 e. The van der Waals surface area contributed by atoms with E-state index >= 15 is 0 Å². The third kappa shape index (κ3) is 4.76. The van der Waals surface area contributed by atoms with E-state index in [4.69, 9.17) is 18.0 Å². The highest BCUT2D eigenvalue weighted by Gasteiger charge is 2.25. The second kappa shape index (κ2) is 7.87. The number of aryl methyl sites for hydroxylation is 1. The lowest BCUT2D eigenvalue weighted by molar-refractivity contribution is 0.405. The zero-order valence-corrected chi connectivity index (χ0v) is 14.5. The summed E-state index contributed by atoms with van der Waals surface area (Å²) in [5.41, 5.74) is 6.73. The van der Waals surface area contributed by atoms with Crippen molar-refractivity contribution in [2.45, 2.75) is 38.5 Å². The van der Waals surface area contributed by atoms with Crippen molar-refractivity contribution in [3.8, 4) is 0 Å². The van der Waals surface area contributed by atoms with E-state index in [0.29, 0.717) is 23.0 Å². The van der Waals surface area contributed by atoms with Crippen molar-refractivity contribution in [3.05, 3.63) is 29.8 Å². The summed E-state index contributed by atoms with van der Waals surface area (Å²) >= 11 is 4.93. The van der Waals surface area contributed by atoms with Gasteiger partial charge in [0.1, 0.15) is 0 Å². The largest absolute Gasteiger partial charge is 0.393 e. The van der Waals surface area contributed by atoms with Crippen LogP contribution in [-0.4, -0.2) is 30.8 Å². The highest BCUT2D eigenvalue weighted by Crippen LogP contribution is 2.18. The van der Waals surface area contributed by atoms with E-state index in [2.05, 4.69) is 6.92 Å². The fraction of sp³-hybridized carbons (Fsp3) is 0.533. The molecular weight excluding hydrogens is 304 g/mol. The molecule has 0 heterocycles. The second-order valence-electron chi connectivity index (χ2n) is 5.15. The first kappa shape index (κ1) is 18.1. The molecule has 0 saturated carbocycles. The molecule has 1 aromatic rings. The minimum absolute atomic E-state index is 0.144. The highest BCUT2D eigenvalue weighted by molar-refractivity contribution is 7.89. The lowest BCUT2D eigenvalue weighted by atomic mass is 10.1. The standard InChI is InChI=1S/C15H24N2O2S2/c1-4-6-13-7-9-14(10-8-13)21(18,19)17(5-2)11-12(3)15(16)20/h7-10,12H,4-6,11H2,1-3H3,(H2,16,20). The molecule has 1 unspecified atom stereocenters. The fourth-order valence-corrected chi connectivity index (χ4v) is 3.67. The van der Waals surface area contributed by atoms with Crippen LogP contribution in [0.3, 0.4) is 0 Å². The van der Waals surface area contributed by atoms with E-state index in [1.807, 2.05) is 26.0 Å². The van der Waals surface area contributed by atoms with Crippen LogP contribution in [0, 0.1) is 5.92 Å². The van der Waals surface area contributed by atoms with Crippen molar-refractivity contribution < 1.29 is 8.42 Å². The van der Waals surface area contributed by atoms with E-state index in [9.17, 15) is 8.42 Å². The molecule has 0 spiro atoms. The lowest BCUT2D eigenvalue weighted by Gasteiger charge is -2.23. The van der Waals surface area contributed by atoms with Gasteiger partial charge in [0, 0.05) is 19.0 Å². The Balaban J connectivity index is 2.98. The van der Waals surface area contributed by atoms with Crippen LogP contribution in [0.1, 0.15) is 32.8 Å². The maximum atomic E-state index is 12.6. The molecule has 2 N–H and O–H groups in total. The quantitative estimate of drug-likeness (QED) is 0.745. The predicted octanol–water partition coefficient (Wildman–Crippen LogP) is 2.57. The van der Waals surface area contributed by atoms with Crippen LogP contribution in [-0.2, 0) is 16.4 Å². The number of rotatable bonds is 8. The average molecular weight is 329 g/mol. The van der Waals surface area contributed by atoms with Gasteiger partial charge in [0.05, 0.1) is 9.88 Å². The zero-order valence-electron chi connectivity index (χ0n) is 12.9. The molecule has 0 saturated heterocycles. The van der Waals surface area contributed by atoms with Crippen molar-refractivity contribution in [3.63, 3.8) is 0 Å². The summed E-state index contributed by atoms with van der Waals surface area (Å²) in [6, 6.07) is 7.10. The second-order valence-corrected chi connectivity index (χ2v) is 7.56. The van der Waals surface area contributed by atoms with Gasteiger partial charge >= 0.3 is 0 Å². The van der Waals surface area contributed by atoms with Crippen LogP contribution in [0.15, 0.2) is 29.2 Å². The molecule has 0 aliphatic rings. The Morgan fingerprint density at radius 3 is 2.29 bits per heavy atom. The van der Waals surface area contributed by atoms with Crippen molar-refractivity contribution in [1.82, 2.24) is 4.31 Å². The molecule has 0 amide bonds. The van der Waals surface area contributed by atoms with Gasteiger partial charge in [-0.3, -0.25) is 0 Å². The Labute approximate surface area is 133 Å². The Morgan fingerprint density at radius 1 is 1.29 bits per heavy atom. The van der Waals surface area contributed by atoms with Gasteiger partial charge in [-0.05, 0) is 24.1 Å². The maximum absolute atomic E-state index is 12.6. The molecule has 0 radical (unpaired) electrons. The maximum Gasteiger partial charge on any atom is 0.243 e. The van der Waals surface area contributed by atoms with E-state index in [0.717, 1.165) is 18.4 Å². The van der Waals surface area contributed by atoms with Gasteiger partial charge in [0.15, 0.2) is 0 Å². The van der Waals surface area contributed by atoms with Gasteiger partial charge in [0.25, 0.3) is 0 Å². The molecule has 0 fully saturated rings. The summed E-state index contributed by atoms with van der Waals surface area (Å²) in [5.74, 6) is -0.144. The van der Waals surface area contributed by atoms with Crippen molar-refractivity contribution in [2.24, 2.45) is 11.7 Å². The van der Waals surface area contributed by atoms with Crippen molar-refractivity contribution in [2.75, 3.05) is 13.1 Å². The number of nitrogens with two attached hydrogens (primary N) is 1. The number of hydrogen-bond donors (Lipinski definition) is 1. The minimum atomic E-state index is -3.49. The van der Waals surface area contributed by atoms with Crippen molar-refractivity contribution in [1.29, 1.82) is 0 Å². The third-order valence-corrected chi connectivity index (χ3v) is 5.77. The molecule has 0 aromatic heterocycles. The zero-order chi connectivity index (χ0) is 16.0. The SMILES string of the molecule is CCCc1ccc(S(=O)(=O)N(CC)CC(C)C(N)=S)cc1. The number of hydrogen-bond acceptors (Lipinski definition) is 3. The molecule has 0 aliphatic carbocycles. The monoisotopic (exact) mass is 328 g/mol. The molecule has 1 rings (SSSR count). The molecule has 1 aromatic carbocycles. The Kier molecular flexibility index (Phi) is 6.77. The molecular formula is C15H24N2O2S2. The topological polar surface area (TPSA) is 63.4 Å². The number of sulfonamides is 1. The average Bonchev–Trinajstić information content (AvgIpc) is 2.45. The van der Waals surface area contributed by atoms with Crippen LogP contribution >= 0.6 is 12.2 Å². The molecule has 4 nitrogen and oxygen atoms in total. The first-order valence-electron chi connectivity index (χ1n) is 7.21. The predicted molar refractivity (Wildman–Crippen MR) is 90.8 cm³/mol. The first-order valence-corrected chi connectivity index (χ1v) is 9.06. The van der Waals surface area contributed by atoms with Crippen LogP contribution in [0.5, 0.6) is 0 Å². The van der Waals surface area contributed by atoms with Crippen molar-refractivity contribution >= 4 is 27.2 Å². The fourth-order valence-electron chi connectivity index (χ4n) is 2.06. The van der Waals surface area contributed by atoms with Crippen LogP contribution in [0.2, 0.25) is 0 Å². The summed E-state index contributed by atoms with van der Waals surface area (Å²) in [5, 5.41) is 0. The Morgan fingerprint density at radius 2 is 1.86 bits per heavy atom. The lowest BCUT2D eigenvalue weighted by Crippen LogP contribution is -2.38. The third-order valence-electron chi connectivity index (χ3n) is 3.42. The number of benzene rings is 1. The van der Waals surface area contributed by atoms with Crippen LogP contribution in [0.25, 0.3) is 0 Å². The Hall–Kier alpha value is -0.980. The summed E-state index contributed by atoms with van der Waals surface area (Å²) in [6.07, 6.45) is 1.99. The van der Waals surface area contributed by atoms with Gasteiger partial charge in [-0.1, -0.05) is 51.5 Å². The number of thiocarbonyl (C=S) groups is 1. The first-order chi connectivity index (χ1) is 9.82. The molecule has 1 atom stereocenters. The van der Waals surface area contributed by atoms with Gasteiger partial charge in [-0.15, -0.1) is 0 Å². The van der Waals surface area contributed by atoms with Gasteiger partial charge in [0.2, 0.25) is 10.0 Å². The summed E-state index contributed by atoms with van der Waals surface area (Å²) < 4.78 is 26.7. The number of nitrogens with zero attached hydrogens (tertiary/aromatic N) is 1. The summed E-state index contributed by atoms with van der Waals surface area (Å²) in [4.78, 5) is 0.654. The Bertz CT molecular complexity index is 568. The van der Waals surface area contributed by atoms with Crippen LogP contribution in [0.4, 0.5) is 0 Å². The summed E-state index contributed by atoms with van der Waals surface area (Å²) in [6.45, 7) is 6.46. The molecule has 21 heavy (non-hydrogen) atoms. The molecule has 0 bridgehead atoms. The van der Waals surface area contributed by atoms with E-state index < -0.39 is 10.0 Å². The minimum Gasteiger partial charge on any atom is -0.393 e. The van der Waals surface area contributed by atoms with Gasteiger partial charge < -0.3 is 5.73 Å². The highest BCUT2D eigenvalue weighted by atomic mass is 32.2. The normalized spacial score (nSPS) is 13.3. The van der Waals surface area contributed by atoms with Gasteiger partial charge in [-0.25, -0.2) is 8.42 Å². The molecule has 118 valence electrons. The van der Waals surface area contributed by atoms with Gasteiger partial charge in [-0.2, -0.15) is 4.31 Å². The van der Waals surface area contributed by atoms with Crippen LogP contribution < -0.4 is 5.73 Å². The van der Waals surface area contributed by atoms with E-state index in [1.165, 1.54) is 4.31 Å². The van der Waals surface area contributed by atoms with E-state index in [1.54, 1.807) is 12.1 Å². The van der Waals surface area contributed by atoms with E-state index in [-0.39, 0.29) is 5.92 Å².